The zero-order valence-corrected chi connectivity index (χ0v) is 9.95. The molecule has 0 spiro atoms. The molecule has 0 saturated heterocycles. The lowest BCUT2D eigenvalue weighted by molar-refractivity contribution is 0.855. The molecule has 1 atom stereocenters. The fourth-order valence-electron chi connectivity index (χ4n) is 1.55. The molecule has 2 aromatic rings. The number of benzene rings is 1. The van der Waals surface area contributed by atoms with E-state index in [2.05, 4.69) is 4.98 Å². The summed E-state index contributed by atoms with van der Waals surface area (Å²) >= 11 is 1.63. The van der Waals surface area contributed by atoms with Gasteiger partial charge in [-0.3, -0.25) is 0 Å². The van der Waals surface area contributed by atoms with Crippen molar-refractivity contribution in [3.63, 3.8) is 0 Å². The topological polar surface area (TPSA) is 38.9 Å². The van der Waals surface area contributed by atoms with E-state index in [4.69, 9.17) is 5.73 Å². The minimum absolute atomic E-state index is 0.0930. The first kappa shape index (κ1) is 11.2. The Bertz CT molecular complexity index is 439. The summed E-state index contributed by atoms with van der Waals surface area (Å²) in [6.45, 7) is 0. The molecule has 1 aromatic heterocycles. The van der Waals surface area contributed by atoms with Gasteiger partial charge in [-0.25, -0.2) is 4.98 Å². The molecule has 1 unspecified atom stereocenters. The summed E-state index contributed by atoms with van der Waals surface area (Å²) in [5, 5.41) is 1.02. The highest BCUT2D eigenvalue weighted by atomic mass is 32.2. The van der Waals surface area contributed by atoms with E-state index < -0.39 is 0 Å². The number of hydrogen-bond donors (Lipinski definition) is 1. The van der Waals surface area contributed by atoms with E-state index in [-0.39, 0.29) is 6.04 Å². The van der Waals surface area contributed by atoms with Crippen molar-refractivity contribution in [1.82, 2.24) is 4.98 Å². The van der Waals surface area contributed by atoms with Gasteiger partial charge in [0.1, 0.15) is 0 Å². The minimum atomic E-state index is -0.0930. The quantitative estimate of drug-likeness (QED) is 0.824. The molecule has 0 saturated carbocycles. The van der Waals surface area contributed by atoms with Crippen LogP contribution in [0, 0.1) is 0 Å². The van der Waals surface area contributed by atoms with Crippen molar-refractivity contribution in [2.45, 2.75) is 11.1 Å². The van der Waals surface area contributed by atoms with E-state index in [9.17, 15) is 0 Å². The molecule has 0 fully saturated rings. The molecule has 0 aliphatic heterocycles. The van der Waals surface area contributed by atoms with Crippen LogP contribution in [-0.2, 0) is 0 Å². The van der Waals surface area contributed by atoms with Crippen molar-refractivity contribution >= 4 is 11.8 Å². The van der Waals surface area contributed by atoms with Crippen LogP contribution in [0.15, 0.2) is 53.7 Å². The van der Waals surface area contributed by atoms with E-state index in [1.165, 1.54) is 0 Å². The number of thioether (sulfide) groups is 1. The monoisotopic (exact) mass is 230 g/mol. The van der Waals surface area contributed by atoms with E-state index in [1.807, 2.05) is 54.9 Å². The van der Waals surface area contributed by atoms with E-state index in [0.29, 0.717) is 0 Å². The van der Waals surface area contributed by atoms with E-state index in [1.54, 1.807) is 11.8 Å². The Kier molecular flexibility index (Phi) is 3.59. The van der Waals surface area contributed by atoms with E-state index in [0.717, 1.165) is 16.2 Å². The lowest BCUT2D eigenvalue weighted by atomic mass is 10.0. The second-order valence-corrected chi connectivity index (χ2v) is 4.35. The van der Waals surface area contributed by atoms with Gasteiger partial charge in [0, 0.05) is 6.20 Å². The second kappa shape index (κ2) is 5.14. The van der Waals surface area contributed by atoms with Crippen LogP contribution < -0.4 is 5.73 Å². The third kappa shape index (κ3) is 2.43. The number of nitrogens with two attached hydrogens (primary N) is 1. The van der Waals surface area contributed by atoms with Gasteiger partial charge in [0.05, 0.1) is 11.1 Å². The molecule has 82 valence electrons. The highest BCUT2D eigenvalue weighted by Crippen LogP contribution is 2.20. The molecule has 2 nitrogen and oxygen atoms in total. The summed E-state index contributed by atoms with van der Waals surface area (Å²) in [4.78, 5) is 4.33. The van der Waals surface area contributed by atoms with Gasteiger partial charge < -0.3 is 5.73 Å². The molecule has 3 heteroatoms. The van der Waals surface area contributed by atoms with Crippen molar-refractivity contribution in [3.05, 3.63) is 59.8 Å². The van der Waals surface area contributed by atoms with Gasteiger partial charge in [0.25, 0.3) is 0 Å². The lowest BCUT2D eigenvalue weighted by Crippen LogP contribution is -2.11. The maximum Gasteiger partial charge on any atom is 0.0957 e. The SMILES string of the molecule is CSc1ccc(C(N)c2ccccc2)cn1. The smallest absolute Gasteiger partial charge is 0.0957 e. The van der Waals surface area contributed by atoms with Crippen LogP contribution in [0.25, 0.3) is 0 Å². The van der Waals surface area contributed by atoms with Crippen LogP contribution in [0.3, 0.4) is 0 Å². The third-order valence-corrected chi connectivity index (χ3v) is 3.15. The fraction of sp³-hybridized carbons (Fsp3) is 0.154. The molecule has 16 heavy (non-hydrogen) atoms. The summed E-state index contributed by atoms with van der Waals surface area (Å²) < 4.78 is 0. The van der Waals surface area contributed by atoms with Gasteiger partial charge in [0.15, 0.2) is 0 Å². The van der Waals surface area contributed by atoms with Gasteiger partial charge in [-0.1, -0.05) is 36.4 Å². The Balaban J connectivity index is 2.24. The Morgan fingerprint density at radius 3 is 2.38 bits per heavy atom. The number of rotatable bonds is 3. The number of pyridine rings is 1. The van der Waals surface area contributed by atoms with Crippen molar-refractivity contribution in [2.75, 3.05) is 6.26 Å². The Morgan fingerprint density at radius 1 is 1.06 bits per heavy atom. The van der Waals surface area contributed by atoms with Gasteiger partial charge in [-0.15, -0.1) is 11.8 Å². The first-order chi connectivity index (χ1) is 7.81. The molecule has 0 aliphatic rings. The predicted molar refractivity (Wildman–Crippen MR) is 68.5 cm³/mol. The summed E-state index contributed by atoms with van der Waals surface area (Å²) in [7, 11) is 0. The highest BCUT2D eigenvalue weighted by Gasteiger charge is 2.08. The number of aromatic nitrogens is 1. The average molecular weight is 230 g/mol. The maximum absolute atomic E-state index is 6.16. The second-order valence-electron chi connectivity index (χ2n) is 3.52. The van der Waals surface area contributed by atoms with Gasteiger partial charge >= 0.3 is 0 Å². The third-order valence-electron chi connectivity index (χ3n) is 2.49. The largest absolute Gasteiger partial charge is 0.320 e. The van der Waals surface area contributed by atoms with Crippen molar-refractivity contribution in [2.24, 2.45) is 5.73 Å². The minimum Gasteiger partial charge on any atom is -0.320 e. The Hall–Kier alpha value is -1.32. The van der Waals surface area contributed by atoms with Crippen molar-refractivity contribution < 1.29 is 0 Å². The predicted octanol–water partition coefficient (Wildman–Crippen LogP) is 2.85. The first-order valence-corrected chi connectivity index (χ1v) is 6.34. The van der Waals surface area contributed by atoms with Gasteiger partial charge in [-0.2, -0.15) is 0 Å². The Labute approximate surface area is 99.9 Å². The zero-order valence-electron chi connectivity index (χ0n) is 9.13. The molecule has 0 radical (unpaired) electrons. The van der Waals surface area contributed by atoms with Crippen LogP contribution in [0.4, 0.5) is 0 Å². The van der Waals surface area contributed by atoms with Gasteiger partial charge in [-0.05, 0) is 23.4 Å². The summed E-state index contributed by atoms with van der Waals surface area (Å²) in [6, 6.07) is 14.0. The summed E-state index contributed by atoms with van der Waals surface area (Å²) in [5.74, 6) is 0. The summed E-state index contributed by atoms with van der Waals surface area (Å²) in [6.07, 6.45) is 3.86. The first-order valence-electron chi connectivity index (χ1n) is 5.11. The number of nitrogens with zero attached hydrogens (tertiary/aromatic N) is 1. The molecule has 0 bridgehead atoms. The fourth-order valence-corrected chi connectivity index (χ4v) is 1.91. The lowest BCUT2D eigenvalue weighted by Gasteiger charge is -2.12. The Morgan fingerprint density at radius 2 is 1.81 bits per heavy atom. The maximum atomic E-state index is 6.16. The normalized spacial score (nSPS) is 12.4. The highest BCUT2D eigenvalue weighted by molar-refractivity contribution is 7.98. The average Bonchev–Trinajstić information content (AvgIpc) is 2.39. The molecule has 0 amide bonds. The number of hydrogen-bond acceptors (Lipinski definition) is 3. The molecule has 2 N–H and O–H groups in total. The van der Waals surface area contributed by atoms with Gasteiger partial charge in [0.2, 0.25) is 0 Å². The molecule has 1 aromatic carbocycles. The molecule has 0 aliphatic carbocycles. The van der Waals surface area contributed by atoms with Crippen molar-refractivity contribution in [1.29, 1.82) is 0 Å². The zero-order chi connectivity index (χ0) is 11.4. The van der Waals surface area contributed by atoms with E-state index >= 15 is 0 Å². The van der Waals surface area contributed by atoms with Crippen LogP contribution in [0.1, 0.15) is 17.2 Å². The van der Waals surface area contributed by atoms with Crippen molar-refractivity contribution in [3.8, 4) is 0 Å². The standard InChI is InChI=1S/C13H14N2S/c1-16-12-8-7-11(9-15-12)13(14)10-5-3-2-4-6-10/h2-9,13H,14H2,1H3. The van der Waals surface area contributed by atoms with Crippen LogP contribution >= 0.6 is 11.8 Å². The summed E-state index contributed by atoms with van der Waals surface area (Å²) in [5.41, 5.74) is 8.32. The molecule has 2 rings (SSSR count). The van der Waals surface area contributed by atoms with Crippen LogP contribution in [0.5, 0.6) is 0 Å². The molecular weight excluding hydrogens is 216 g/mol. The van der Waals surface area contributed by atoms with Crippen LogP contribution in [0.2, 0.25) is 0 Å². The molecule has 1 heterocycles. The van der Waals surface area contributed by atoms with Crippen LogP contribution in [-0.4, -0.2) is 11.2 Å². The molecular formula is C13H14N2S.